The molecule has 1 spiro atoms. The number of allylic oxidation sites excluding steroid dienone is 1. The number of anilines is 1. The number of benzene rings is 1. The highest BCUT2D eigenvalue weighted by atomic mass is 35.5. The Hall–Kier alpha value is -2.19. The first-order chi connectivity index (χ1) is 16.9. The van der Waals surface area contributed by atoms with Crippen molar-refractivity contribution in [2.75, 3.05) is 19.0 Å². The molecule has 4 N–H and O–H groups in total. The minimum Gasteiger partial charge on any atom is -0.451 e. The van der Waals surface area contributed by atoms with E-state index in [2.05, 4.69) is 19.2 Å². The van der Waals surface area contributed by atoms with Crippen molar-refractivity contribution < 1.29 is 29.6 Å². The average Bonchev–Trinajstić information content (AvgIpc) is 3.32. The Balaban J connectivity index is 1.64. The van der Waals surface area contributed by atoms with E-state index in [1.807, 2.05) is 6.92 Å². The molecule has 0 amide bonds. The number of ether oxygens (including phenoxy) is 1. The number of nitrogens with one attached hydrogen (secondary N) is 1. The van der Waals surface area contributed by atoms with Gasteiger partial charge < -0.3 is 25.4 Å². The van der Waals surface area contributed by atoms with Gasteiger partial charge in [0.2, 0.25) is 0 Å². The zero-order chi connectivity index (χ0) is 26.4. The predicted octanol–water partition coefficient (Wildman–Crippen LogP) is 3.38. The van der Waals surface area contributed by atoms with Gasteiger partial charge in [0, 0.05) is 18.7 Å². The summed E-state index contributed by atoms with van der Waals surface area (Å²) in [6.07, 6.45) is 1.13. The van der Waals surface area contributed by atoms with E-state index in [0.717, 1.165) is 0 Å². The van der Waals surface area contributed by atoms with E-state index in [0.29, 0.717) is 17.7 Å². The van der Waals surface area contributed by atoms with Gasteiger partial charge in [-0.15, -0.1) is 0 Å². The normalized spacial score (nSPS) is 40.2. The van der Waals surface area contributed by atoms with Gasteiger partial charge in [-0.3, -0.25) is 4.79 Å². The number of ketones is 1. The molecular weight excluding hydrogens is 482 g/mol. The molecule has 1 aromatic carbocycles. The van der Waals surface area contributed by atoms with Gasteiger partial charge in [0.05, 0.1) is 17.0 Å². The molecule has 2 saturated carbocycles. The van der Waals surface area contributed by atoms with Crippen molar-refractivity contribution in [1.82, 2.24) is 0 Å². The molecule has 4 aliphatic carbocycles. The number of carbonyl (C=O) groups is 2. The zero-order valence-electron chi connectivity index (χ0n) is 21.2. The van der Waals surface area contributed by atoms with Crippen molar-refractivity contribution in [3.05, 3.63) is 52.1 Å². The quantitative estimate of drug-likeness (QED) is 0.359. The first-order valence-electron chi connectivity index (χ1n) is 12.5. The van der Waals surface area contributed by atoms with Crippen LogP contribution in [0.25, 0.3) is 0 Å². The van der Waals surface area contributed by atoms with Gasteiger partial charge >= 0.3 is 5.97 Å². The Labute approximate surface area is 216 Å². The van der Waals surface area contributed by atoms with Crippen molar-refractivity contribution in [2.45, 2.75) is 51.9 Å². The molecule has 0 saturated heterocycles. The number of carbonyl (C=O) groups excluding carboxylic acids is 2. The van der Waals surface area contributed by atoms with Crippen LogP contribution in [0, 0.1) is 34.5 Å². The summed E-state index contributed by atoms with van der Waals surface area (Å²) in [4.78, 5) is 27.8. The number of Topliss-reactive ketones (excluding diaryl/α,β-unsaturated/α-hetero) is 1. The number of aliphatic hydroxyl groups excluding tert-OH is 2. The fraction of sp³-hybridized carbons (Fsp3) is 0.571. The van der Waals surface area contributed by atoms with Gasteiger partial charge in [0.25, 0.3) is 0 Å². The molecule has 1 aromatic rings. The Morgan fingerprint density at radius 1 is 1.31 bits per heavy atom. The van der Waals surface area contributed by atoms with Crippen LogP contribution in [0.3, 0.4) is 0 Å². The van der Waals surface area contributed by atoms with E-state index in [1.54, 1.807) is 44.3 Å². The molecule has 194 valence electrons. The lowest BCUT2D eigenvalue weighted by atomic mass is 9.59. The van der Waals surface area contributed by atoms with Gasteiger partial charge in [0.15, 0.2) is 17.5 Å². The van der Waals surface area contributed by atoms with Crippen molar-refractivity contribution in [2.24, 2.45) is 34.5 Å². The van der Waals surface area contributed by atoms with Crippen LogP contribution in [0.5, 0.6) is 0 Å². The van der Waals surface area contributed by atoms with E-state index >= 15 is 0 Å². The molecular formula is C28H34ClNO6. The molecule has 0 aliphatic heterocycles. The predicted molar refractivity (Wildman–Crippen MR) is 136 cm³/mol. The maximum Gasteiger partial charge on any atom is 0.342 e. The molecule has 36 heavy (non-hydrogen) atoms. The third kappa shape index (κ3) is 3.03. The molecule has 8 atom stereocenters. The molecule has 0 heterocycles. The first kappa shape index (κ1) is 25.5. The van der Waals surface area contributed by atoms with Crippen LogP contribution in [0.2, 0.25) is 5.02 Å². The van der Waals surface area contributed by atoms with Crippen LogP contribution in [-0.2, 0) is 9.53 Å². The molecule has 0 aromatic heterocycles. The average molecular weight is 516 g/mol. The topological polar surface area (TPSA) is 116 Å². The minimum atomic E-state index is -2.19. The summed E-state index contributed by atoms with van der Waals surface area (Å²) in [5, 5.41) is 37.4. The lowest BCUT2D eigenvalue weighted by molar-refractivity contribution is -0.190. The van der Waals surface area contributed by atoms with Crippen molar-refractivity contribution in [3.8, 4) is 0 Å². The Kier molecular flexibility index (Phi) is 5.77. The van der Waals surface area contributed by atoms with Crippen molar-refractivity contribution in [3.63, 3.8) is 0 Å². The van der Waals surface area contributed by atoms with Crippen LogP contribution in [0.15, 0.2) is 41.5 Å². The third-order valence-electron chi connectivity index (χ3n) is 9.61. The lowest BCUT2D eigenvalue weighted by Crippen LogP contribution is -2.65. The van der Waals surface area contributed by atoms with Crippen LogP contribution in [0.1, 0.15) is 44.5 Å². The number of fused-ring (bicyclic) bond motifs is 3. The maximum atomic E-state index is 14.4. The van der Waals surface area contributed by atoms with Crippen LogP contribution >= 0.6 is 11.6 Å². The van der Waals surface area contributed by atoms with Gasteiger partial charge in [-0.1, -0.05) is 50.6 Å². The number of esters is 1. The number of hydrogen-bond donors (Lipinski definition) is 4. The number of aliphatic hydroxyl groups is 3. The summed E-state index contributed by atoms with van der Waals surface area (Å²) < 4.78 is 5.92. The summed E-state index contributed by atoms with van der Waals surface area (Å²) in [6.45, 7) is 7.38. The molecule has 5 rings (SSSR count). The van der Waals surface area contributed by atoms with E-state index in [1.165, 1.54) is 0 Å². The SMILES string of the molecule is CNc1cccc(Cl)c1C(=O)O[C@H]1C(C)=C[C@]23C(=O)[C@H](C=C(CO)[C@@H](O)[C@]12O)[C@H]1[C@@H](C[C@H]3C)C1(C)C. The van der Waals surface area contributed by atoms with E-state index in [-0.39, 0.29) is 45.1 Å². The van der Waals surface area contributed by atoms with Gasteiger partial charge in [-0.25, -0.2) is 4.79 Å². The second-order valence-electron chi connectivity index (χ2n) is 11.6. The largest absolute Gasteiger partial charge is 0.451 e. The molecule has 4 aliphatic rings. The van der Waals surface area contributed by atoms with Crippen LogP contribution in [0.4, 0.5) is 5.69 Å². The fourth-order valence-corrected chi connectivity index (χ4v) is 7.95. The highest BCUT2D eigenvalue weighted by Gasteiger charge is 2.76. The summed E-state index contributed by atoms with van der Waals surface area (Å²) in [5.74, 6) is -1.54. The molecule has 8 heteroatoms. The second kappa shape index (κ2) is 8.15. The molecule has 2 bridgehead atoms. The van der Waals surface area contributed by atoms with E-state index in [4.69, 9.17) is 16.3 Å². The number of halogens is 1. The summed E-state index contributed by atoms with van der Waals surface area (Å²) >= 11 is 6.33. The minimum absolute atomic E-state index is 0.0551. The summed E-state index contributed by atoms with van der Waals surface area (Å²) in [6, 6.07) is 4.94. The van der Waals surface area contributed by atoms with Gasteiger partial charge in [-0.05, 0) is 59.8 Å². The Morgan fingerprint density at radius 3 is 2.64 bits per heavy atom. The fourth-order valence-electron chi connectivity index (χ4n) is 7.70. The number of rotatable bonds is 4. The van der Waals surface area contributed by atoms with Crippen LogP contribution in [-0.4, -0.2) is 58.5 Å². The Bertz CT molecular complexity index is 1210. The Morgan fingerprint density at radius 2 is 2.00 bits per heavy atom. The van der Waals surface area contributed by atoms with Gasteiger partial charge in [0.1, 0.15) is 11.7 Å². The van der Waals surface area contributed by atoms with Gasteiger partial charge in [-0.2, -0.15) is 0 Å². The number of hydrogen-bond acceptors (Lipinski definition) is 7. The smallest absolute Gasteiger partial charge is 0.342 e. The highest BCUT2D eigenvalue weighted by molar-refractivity contribution is 6.34. The monoisotopic (exact) mass is 515 g/mol. The second-order valence-corrected chi connectivity index (χ2v) is 12.0. The van der Waals surface area contributed by atoms with E-state index < -0.39 is 41.7 Å². The molecule has 0 unspecified atom stereocenters. The van der Waals surface area contributed by atoms with Crippen molar-refractivity contribution in [1.29, 1.82) is 0 Å². The first-order valence-corrected chi connectivity index (χ1v) is 12.9. The maximum absolute atomic E-state index is 14.4. The standard InChI is InChI=1S/C28H34ClNO6/c1-13-11-27-14(2)9-17-21(26(17,3)4)16(23(27)33)10-15(12-31)22(32)28(27,35)24(13)36-25(34)20-18(29)7-6-8-19(20)30-5/h6-8,10-11,14,16-17,21-22,24,30-32,35H,9,12H2,1-5H3/t14-,16-,17-,21+,22-,24+,27+,28+/m1/s1. The summed E-state index contributed by atoms with van der Waals surface area (Å²) in [7, 11) is 1.65. The third-order valence-corrected chi connectivity index (χ3v) is 9.92. The summed E-state index contributed by atoms with van der Waals surface area (Å²) in [5.41, 5.74) is -2.52. The van der Waals surface area contributed by atoms with E-state index in [9.17, 15) is 24.9 Å². The molecule has 7 nitrogen and oxygen atoms in total. The zero-order valence-corrected chi connectivity index (χ0v) is 22.0. The highest BCUT2D eigenvalue weighted by Crippen LogP contribution is 2.71. The lowest BCUT2D eigenvalue weighted by Gasteiger charge is -2.48. The molecule has 2 fully saturated rings. The molecule has 0 radical (unpaired) electrons. The van der Waals surface area contributed by atoms with Crippen LogP contribution < -0.4 is 5.32 Å². The van der Waals surface area contributed by atoms with Crippen molar-refractivity contribution >= 4 is 29.0 Å².